The summed E-state index contributed by atoms with van der Waals surface area (Å²) in [6.45, 7) is 0. The summed E-state index contributed by atoms with van der Waals surface area (Å²) in [5.41, 5.74) is 14.7. The van der Waals surface area contributed by atoms with Crippen molar-refractivity contribution in [1.82, 2.24) is 5.32 Å². The largest absolute Gasteiger partial charge is 0.370 e. The van der Waals surface area contributed by atoms with E-state index in [9.17, 15) is 0 Å². The lowest BCUT2D eigenvalue weighted by Gasteiger charge is -2.07. The van der Waals surface area contributed by atoms with Crippen molar-refractivity contribution in [3.63, 3.8) is 0 Å². The molecule has 2 atom stereocenters. The topological polar surface area (TPSA) is 143 Å². The maximum Gasteiger partial charge on any atom is 0.203 e. The lowest BCUT2D eigenvalue weighted by Crippen LogP contribution is -2.46. The Morgan fingerprint density at radius 2 is 1.90 bits per heavy atom. The number of hydrogen-bond donors (Lipinski definition) is 6. The van der Waals surface area contributed by atoms with Gasteiger partial charge in [0.05, 0.1) is 0 Å². The molecule has 0 spiro atoms. The van der Waals surface area contributed by atoms with Crippen LogP contribution in [0.15, 0.2) is 4.99 Å². The summed E-state index contributed by atoms with van der Waals surface area (Å²) in [6, 6.07) is 0. The van der Waals surface area contributed by atoms with Gasteiger partial charge in [0.1, 0.15) is 0 Å². The molecule has 7 heteroatoms. The molecule has 0 rings (SSSR count). The second kappa shape index (κ2) is 4.01. The highest BCUT2D eigenvalue weighted by atomic mass is 16.3. The number of nitrogens with zero attached hydrogens (tertiary/aromatic N) is 1. The van der Waals surface area contributed by atoms with Crippen molar-refractivity contribution in [2.75, 3.05) is 0 Å². The van der Waals surface area contributed by atoms with Gasteiger partial charge < -0.3 is 21.3 Å². The first-order chi connectivity index (χ1) is 4.52. The molecule has 60 valence electrons. The van der Waals surface area contributed by atoms with Crippen LogP contribution in [0.4, 0.5) is 0 Å². The molecule has 7 nitrogen and oxygen atoms in total. The Bertz CT molecular complexity index is 122. The molecule has 0 aromatic heterocycles. The summed E-state index contributed by atoms with van der Waals surface area (Å²) in [7, 11) is 0. The Morgan fingerprint density at radius 1 is 1.40 bits per heavy atom. The van der Waals surface area contributed by atoms with Crippen LogP contribution in [0.3, 0.4) is 0 Å². The van der Waals surface area contributed by atoms with E-state index in [1.165, 1.54) is 0 Å². The van der Waals surface area contributed by atoms with E-state index in [0.717, 1.165) is 0 Å². The van der Waals surface area contributed by atoms with Crippen LogP contribution in [0.1, 0.15) is 0 Å². The van der Waals surface area contributed by atoms with Gasteiger partial charge in [-0.15, -0.1) is 0 Å². The van der Waals surface area contributed by atoms with Crippen molar-refractivity contribution in [3.8, 4) is 0 Å². The first-order valence-corrected chi connectivity index (χ1v) is 2.49. The molecule has 0 aromatic carbocycles. The van der Waals surface area contributed by atoms with E-state index in [0.29, 0.717) is 0 Å². The van der Waals surface area contributed by atoms with Crippen LogP contribution in [0.5, 0.6) is 0 Å². The molecule has 0 aliphatic rings. The van der Waals surface area contributed by atoms with Crippen molar-refractivity contribution in [1.29, 1.82) is 0 Å². The monoisotopic (exact) mass is 149 g/mol. The van der Waals surface area contributed by atoms with Crippen LogP contribution in [-0.2, 0) is 0 Å². The van der Waals surface area contributed by atoms with Crippen LogP contribution in [0.25, 0.3) is 0 Å². The third-order valence-electron chi connectivity index (χ3n) is 0.567. The number of guanidine groups is 1. The van der Waals surface area contributed by atoms with E-state index in [2.05, 4.69) is 10.3 Å². The molecule has 0 saturated carbocycles. The molecule has 0 fully saturated rings. The van der Waals surface area contributed by atoms with Crippen LogP contribution in [-0.4, -0.2) is 28.9 Å². The van der Waals surface area contributed by atoms with E-state index < -0.39 is 12.7 Å². The number of aliphatic hydroxyl groups excluding tert-OH is 2. The summed E-state index contributed by atoms with van der Waals surface area (Å²) < 4.78 is 0. The Balaban J connectivity index is 3.71. The van der Waals surface area contributed by atoms with E-state index in [1.807, 2.05) is 0 Å². The molecular weight excluding hydrogens is 138 g/mol. The highest BCUT2D eigenvalue weighted by molar-refractivity contribution is 5.77. The minimum atomic E-state index is -1.40. The number of aliphatic hydroxyl groups is 2. The van der Waals surface area contributed by atoms with Gasteiger partial charge in [-0.05, 0) is 0 Å². The van der Waals surface area contributed by atoms with Gasteiger partial charge in [-0.25, -0.2) is 4.99 Å². The number of nitrogens with one attached hydrogen (secondary N) is 1. The SMILES string of the molecule is NC(=NC(N)O)NC(N)O. The zero-order valence-electron chi connectivity index (χ0n) is 5.23. The molecule has 0 radical (unpaired) electrons. The summed E-state index contributed by atoms with van der Waals surface area (Å²) in [6.07, 6.45) is -2.70. The van der Waals surface area contributed by atoms with Crippen LogP contribution < -0.4 is 22.5 Å². The zero-order valence-corrected chi connectivity index (χ0v) is 5.23. The zero-order chi connectivity index (χ0) is 8.15. The van der Waals surface area contributed by atoms with Gasteiger partial charge in [-0.3, -0.25) is 11.5 Å². The molecule has 9 N–H and O–H groups in total. The molecule has 0 heterocycles. The molecule has 0 amide bonds. The van der Waals surface area contributed by atoms with Crippen LogP contribution in [0.2, 0.25) is 0 Å². The fourth-order valence-electron chi connectivity index (χ4n) is 0.331. The summed E-state index contributed by atoms with van der Waals surface area (Å²) in [5.74, 6) is -0.218. The summed E-state index contributed by atoms with van der Waals surface area (Å²) in [4.78, 5) is 3.19. The van der Waals surface area contributed by atoms with E-state index >= 15 is 0 Å². The molecule has 0 bridgehead atoms. The van der Waals surface area contributed by atoms with Crippen molar-refractivity contribution in [2.45, 2.75) is 12.7 Å². The third-order valence-corrected chi connectivity index (χ3v) is 0.567. The number of nitrogens with two attached hydrogens (primary N) is 3. The number of rotatable bonds is 2. The van der Waals surface area contributed by atoms with E-state index in [-0.39, 0.29) is 5.96 Å². The maximum atomic E-state index is 8.42. The van der Waals surface area contributed by atoms with Gasteiger partial charge in [0.15, 0.2) is 12.3 Å². The number of aliphatic imine (C=N–C) groups is 1. The molecule has 0 aliphatic carbocycles. The van der Waals surface area contributed by atoms with Crippen molar-refractivity contribution in [2.24, 2.45) is 22.2 Å². The van der Waals surface area contributed by atoms with E-state index in [1.54, 1.807) is 0 Å². The normalized spacial score (nSPS) is 18.2. The van der Waals surface area contributed by atoms with Crippen LogP contribution in [0, 0.1) is 0 Å². The quantitative estimate of drug-likeness (QED) is 0.136. The predicted molar refractivity (Wildman–Crippen MR) is 35.1 cm³/mol. The number of hydrogen-bond acceptors (Lipinski definition) is 5. The summed E-state index contributed by atoms with van der Waals surface area (Å²) in [5, 5.41) is 18.9. The predicted octanol–water partition coefficient (Wildman–Crippen LogP) is -3.64. The fourth-order valence-corrected chi connectivity index (χ4v) is 0.331. The molecule has 0 aromatic rings. The van der Waals surface area contributed by atoms with Gasteiger partial charge in [-0.1, -0.05) is 0 Å². The average molecular weight is 149 g/mol. The summed E-state index contributed by atoms with van der Waals surface area (Å²) >= 11 is 0. The fraction of sp³-hybridized carbons (Fsp3) is 0.667. The molecule has 10 heavy (non-hydrogen) atoms. The molecular formula is C3H11N5O2. The van der Waals surface area contributed by atoms with Gasteiger partial charge in [0, 0.05) is 0 Å². The van der Waals surface area contributed by atoms with Crippen LogP contribution >= 0.6 is 0 Å². The lowest BCUT2D eigenvalue weighted by atomic mass is 10.8. The van der Waals surface area contributed by atoms with Crippen molar-refractivity contribution in [3.05, 3.63) is 0 Å². The van der Waals surface area contributed by atoms with Gasteiger partial charge in [0.25, 0.3) is 0 Å². The highest BCUT2D eigenvalue weighted by Gasteiger charge is 1.97. The Hall–Kier alpha value is -0.890. The Labute approximate surface area is 57.5 Å². The average Bonchev–Trinajstić information content (AvgIpc) is 1.58. The van der Waals surface area contributed by atoms with Gasteiger partial charge in [0.2, 0.25) is 6.35 Å². The van der Waals surface area contributed by atoms with Crippen molar-refractivity contribution >= 4 is 5.96 Å². The smallest absolute Gasteiger partial charge is 0.203 e. The highest BCUT2D eigenvalue weighted by Crippen LogP contribution is 1.70. The standard InChI is InChI=1S/C3H11N5O2/c4-1(7-2(5)9)8-3(6)10/h2-3,9-10H,5-6H2,(H3,4,7,8). The van der Waals surface area contributed by atoms with E-state index in [4.69, 9.17) is 27.4 Å². The maximum absolute atomic E-state index is 8.42. The first-order valence-electron chi connectivity index (χ1n) is 2.49. The van der Waals surface area contributed by atoms with Crippen molar-refractivity contribution < 1.29 is 10.2 Å². The minimum absolute atomic E-state index is 0.218. The molecule has 0 aliphatic heterocycles. The molecule has 2 unspecified atom stereocenters. The third kappa shape index (κ3) is 5.25. The molecule has 0 saturated heterocycles. The second-order valence-corrected chi connectivity index (χ2v) is 1.52. The minimum Gasteiger partial charge on any atom is -0.370 e. The Kier molecular flexibility index (Phi) is 3.65. The second-order valence-electron chi connectivity index (χ2n) is 1.52. The van der Waals surface area contributed by atoms with Gasteiger partial charge >= 0.3 is 0 Å². The first kappa shape index (κ1) is 9.11. The lowest BCUT2D eigenvalue weighted by molar-refractivity contribution is 0.164. The van der Waals surface area contributed by atoms with Gasteiger partial charge in [-0.2, -0.15) is 0 Å². The Morgan fingerprint density at radius 3 is 2.20 bits per heavy atom.